The van der Waals surface area contributed by atoms with Gasteiger partial charge < -0.3 is 9.29 Å². The van der Waals surface area contributed by atoms with Crippen molar-refractivity contribution in [1.82, 2.24) is 0 Å². The molecule has 3 aromatic rings. The van der Waals surface area contributed by atoms with Gasteiger partial charge in [0.2, 0.25) is 0 Å². The first kappa shape index (κ1) is 18.0. The molecule has 0 saturated heterocycles. The van der Waals surface area contributed by atoms with Gasteiger partial charge in [-0.25, -0.2) is 4.79 Å². The van der Waals surface area contributed by atoms with Gasteiger partial charge in [0.25, 0.3) is 0 Å². The number of carbonyl (C=O) groups is 1. The zero-order valence-corrected chi connectivity index (χ0v) is 16.9. The molecule has 0 heterocycles. The van der Waals surface area contributed by atoms with E-state index in [1.807, 2.05) is 78.9 Å². The molecule has 0 bridgehead atoms. The second kappa shape index (κ2) is 7.64. The van der Waals surface area contributed by atoms with Crippen LogP contribution in [-0.2, 0) is 4.18 Å². The minimum atomic E-state index is -2.41. The molecule has 0 atom stereocenters. The lowest BCUT2D eigenvalue weighted by atomic mass is 10.4. The Morgan fingerprint density at radius 2 is 1.12 bits per heavy atom. The number of hydrogen-bond acceptors (Lipinski definition) is 2. The number of halogens is 2. The van der Waals surface area contributed by atoms with Gasteiger partial charge in [0.05, 0.1) is 0 Å². The summed E-state index contributed by atoms with van der Waals surface area (Å²) in [5, 5.41) is 9.52. The van der Waals surface area contributed by atoms with Crippen LogP contribution in [0.15, 0.2) is 102 Å². The second-order valence-corrected chi connectivity index (χ2v) is 9.65. The first-order chi connectivity index (χ1) is 12.0. The van der Waals surface area contributed by atoms with E-state index in [4.69, 9.17) is 4.18 Å². The Kier molecular flexibility index (Phi) is 5.51. The number of rotatable bonds is 4. The topological polar surface area (TPSA) is 46.5 Å². The number of carboxylic acid groups (broad SMARTS) is 1. The number of benzene rings is 3. The van der Waals surface area contributed by atoms with Crippen LogP contribution in [0.5, 0.6) is 0 Å². The molecule has 0 saturated carbocycles. The fraction of sp³-hybridized carbons (Fsp3) is 0. The summed E-state index contributed by atoms with van der Waals surface area (Å²) in [4.78, 5) is 14.1. The molecule has 0 amide bonds. The van der Waals surface area contributed by atoms with Gasteiger partial charge in [-0.15, -0.1) is 0 Å². The summed E-state index contributed by atoms with van der Waals surface area (Å²) in [5.74, 6) is 0. The van der Waals surface area contributed by atoms with Crippen molar-refractivity contribution in [3.63, 3.8) is 0 Å². The highest BCUT2D eigenvalue weighted by Crippen LogP contribution is 2.69. The molecule has 128 valence electrons. The predicted molar refractivity (Wildman–Crippen MR) is 106 cm³/mol. The third kappa shape index (κ3) is 3.76. The highest BCUT2D eigenvalue weighted by Gasteiger charge is 2.35. The van der Waals surface area contributed by atoms with Crippen LogP contribution in [0.3, 0.4) is 0 Å². The monoisotopic (exact) mass is 480 g/mol. The number of hydrogen-bond donors (Lipinski definition) is 1. The van der Waals surface area contributed by atoms with Gasteiger partial charge in [0, 0.05) is 23.6 Å². The highest BCUT2D eigenvalue weighted by molar-refractivity contribution is 9.10. The van der Waals surface area contributed by atoms with E-state index in [-0.39, 0.29) is 0 Å². The average Bonchev–Trinajstić information content (AvgIpc) is 2.62. The Hall–Kier alpha value is -1.76. The van der Waals surface area contributed by atoms with Crippen LogP contribution in [0.4, 0.5) is 4.79 Å². The molecular weight excluding hydrogens is 468 g/mol. The van der Waals surface area contributed by atoms with Gasteiger partial charge in [-0.1, -0.05) is 50.1 Å². The molecular formula is C19H14Br2O3S. The Balaban J connectivity index is 2.32. The first-order valence-corrected chi connectivity index (χ1v) is 10.5. The third-order valence-electron chi connectivity index (χ3n) is 3.56. The first-order valence-electron chi connectivity index (χ1n) is 7.34. The van der Waals surface area contributed by atoms with Crippen molar-refractivity contribution in [3.8, 4) is 0 Å². The molecule has 0 radical (unpaired) electrons. The molecule has 25 heavy (non-hydrogen) atoms. The van der Waals surface area contributed by atoms with E-state index in [1.54, 1.807) is 0 Å². The molecule has 3 nitrogen and oxygen atoms in total. The van der Waals surface area contributed by atoms with Crippen molar-refractivity contribution >= 4 is 48.3 Å². The molecule has 3 aromatic carbocycles. The molecule has 1 N–H and O–H groups in total. The van der Waals surface area contributed by atoms with E-state index in [2.05, 4.69) is 31.9 Å². The van der Waals surface area contributed by atoms with Gasteiger partial charge in [-0.2, -0.15) is 0 Å². The summed E-state index contributed by atoms with van der Waals surface area (Å²) in [5.41, 5.74) is 0. The van der Waals surface area contributed by atoms with E-state index in [9.17, 15) is 9.90 Å². The Morgan fingerprint density at radius 1 is 0.720 bits per heavy atom. The smallest absolute Gasteiger partial charge is 0.449 e. The lowest BCUT2D eigenvalue weighted by molar-refractivity contribution is 0.150. The minimum absolute atomic E-state index is 0.812. The molecule has 0 aromatic heterocycles. The molecule has 3 rings (SSSR count). The SMILES string of the molecule is O=C(O)OS(c1ccccc1)(c1ccc(Br)cc1)c1ccc(Br)cc1. The van der Waals surface area contributed by atoms with Crippen molar-refractivity contribution in [3.05, 3.63) is 87.8 Å². The van der Waals surface area contributed by atoms with Gasteiger partial charge in [-0.05, 0) is 71.0 Å². The zero-order valence-electron chi connectivity index (χ0n) is 12.9. The van der Waals surface area contributed by atoms with E-state index in [0.717, 1.165) is 23.6 Å². The lowest BCUT2D eigenvalue weighted by Gasteiger charge is -2.38. The molecule has 0 aliphatic carbocycles. The van der Waals surface area contributed by atoms with Crippen LogP contribution in [0.1, 0.15) is 0 Å². The summed E-state index contributed by atoms with van der Waals surface area (Å²) in [6, 6.07) is 24.7. The van der Waals surface area contributed by atoms with E-state index in [1.165, 1.54) is 0 Å². The zero-order chi connectivity index (χ0) is 17.9. The summed E-state index contributed by atoms with van der Waals surface area (Å²) in [6.07, 6.45) is -1.30. The van der Waals surface area contributed by atoms with Crippen LogP contribution < -0.4 is 0 Å². The summed E-state index contributed by atoms with van der Waals surface area (Å²) < 4.78 is 7.49. The third-order valence-corrected chi connectivity index (χ3v) is 7.82. The van der Waals surface area contributed by atoms with Gasteiger partial charge in [0.15, 0.2) is 0 Å². The predicted octanol–water partition coefficient (Wildman–Crippen LogP) is 7.10. The maximum absolute atomic E-state index is 11.6. The minimum Gasteiger partial charge on any atom is -0.449 e. The fourth-order valence-electron chi connectivity index (χ4n) is 2.52. The van der Waals surface area contributed by atoms with Crippen LogP contribution in [0.25, 0.3) is 0 Å². The van der Waals surface area contributed by atoms with Crippen molar-refractivity contribution in [1.29, 1.82) is 0 Å². The largest absolute Gasteiger partial charge is 0.517 e. The second-order valence-electron chi connectivity index (χ2n) is 5.13. The van der Waals surface area contributed by atoms with Crippen molar-refractivity contribution in [2.75, 3.05) is 0 Å². The lowest BCUT2D eigenvalue weighted by Crippen LogP contribution is -2.11. The van der Waals surface area contributed by atoms with Crippen molar-refractivity contribution in [2.45, 2.75) is 14.7 Å². The fourth-order valence-corrected chi connectivity index (χ4v) is 5.95. The van der Waals surface area contributed by atoms with Crippen LogP contribution in [-0.4, -0.2) is 11.3 Å². The summed E-state index contributed by atoms with van der Waals surface area (Å²) >= 11 is 6.86. The average molecular weight is 482 g/mol. The van der Waals surface area contributed by atoms with Crippen LogP contribution in [0.2, 0.25) is 0 Å². The molecule has 0 aliphatic heterocycles. The molecule has 0 fully saturated rings. The maximum atomic E-state index is 11.6. The standard InChI is InChI=1S/C19H14Br2O3S/c20-14-6-10-17(11-7-14)25(24-19(22)23,16-4-2-1-3-5-16)18-12-8-15(21)9-13-18/h1-13H,(H,22,23). The highest BCUT2D eigenvalue weighted by atomic mass is 79.9. The quantitative estimate of drug-likeness (QED) is 0.432. The van der Waals surface area contributed by atoms with E-state index >= 15 is 0 Å². The van der Waals surface area contributed by atoms with Crippen molar-refractivity contribution < 1.29 is 14.1 Å². The van der Waals surface area contributed by atoms with Gasteiger partial charge in [0.1, 0.15) is 0 Å². The summed E-state index contributed by atoms with van der Waals surface area (Å²) in [7, 11) is -2.41. The molecule has 6 heteroatoms. The maximum Gasteiger partial charge on any atom is 0.517 e. The van der Waals surface area contributed by atoms with E-state index in [0.29, 0.717) is 0 Å². The van der Waals surface area contributed by atoms with Crippen LogP contribution >= 0.6 is 42.2 Å². The van der Waals surface area contributed by atoms with E-state index < -0.39 is 16.5 Å². The normalized spacial score (nSPS) is 11.8. The molecule has 0 spiro atoms. The van der Waals surface area contributed by atoms with Gasteiger partial charge >= 0.3 is 6.16 Å². The Bertz CT molecular complexity index is 820. The molecule has 0 aliphatic rings. The molecule has 0 unspecified atom stereocenters. The van der Waals surface area contributed by atoms with Gasteiger partial charge in [-0.3, -0.25) is 0 Å². The van der Waals surface area contributed by atoms with Crippen molar-refractivity contribution in [2.24, 2.45) is 0 Å². The van der Waals surface area contributed by atoms with Crippen LogP contribution in [0, 0.1) is 0 Å². The Labute approximate surface area is 164 Å². The Morgan fingerprint density at radius 3 is 1.52 bits per heavy atom. The summed E-state index contributed by atoms with van der Waals surface area (Å²) in [6.45, 7) is 0.